The standard InChI is InChI=1S/C25H26F4O/c1-3-5-6-16-7-9-17(10-8-16)18-11-12-19(23(27)22(18)26)20-13-14-21(30-15-4-2)25(29)24(20)28/h3-4,11-17H,1,5-10H2,2H3/b15-4+. The van der Waals surface area contributed by atoms with Crippen molar-refractivity contribution in [2.75, 3.05) is 0 Å². The molecule has 1 aliphatic carbocycles. The van der Waals surface area contributed by atoms with Crippen LogP contribution < -0.4 is 4.74 Å². The second-order valence-electron chi connectivity index (χ2n) is 7.74. The fourth-order valence-electron chi connectivity index (χ4n) is 4.18. The third-order valence-corrected chi connectivity index (χ3v) is 5.85. The van der Waals surface area contributed by atoms with Crippen molar-refractivity contribution >= 4 is 0 Å². The summed E-state index contributed by atoms with van der Waals surface area (Å²) in [7, 11) is 0. The average Bonchev–Trinajstić information content (AvgIpc) is 2.76. The highest BCUT2D eigenvalue weighted by Crippen LogP contribution is 2.40. The molecule has 0 N–H and O–H groups in total. The van der Waals surface area contributed by atoms with Gasteiger partial charge in [-0.3, -0.25) is 0 Å². The molecule has 1 fully saturated rings. The number of rotatable bonds is 7. The van der Waals surface area contributed by atoms with Crippen molar-refractivity contribution in [1.29, 1.82) is 0 Å². The molecule has 0 unspecified atom stereocenters. The van der Waals surface area contributed by atoms with Gasteiger partial charge >= 0.3 is 0 Å². The van der Waals surface area contributed by atoms with Gasteiger partial charge in [0.25, 0.3) is 0 Å². The second-order valence-corrected chi connectivity index (χ2v) is 7.74. The minimum atomic E-state index is -1.27. The molecule has 0 saturated heterocycles. The highest BCUT2D eigenvalue weighted by Gasteiger charge is 2.27. The van der Waals surface area contributed by atoms with Gasteiger partial charge in [0.15, 0.2) is 23.2 Å². The van der Waals surface area contributed by atoms with Crippen LogP contribution in [-0.4, -0.2) is 0 Å². The number of benzene rings is 2. The number of hydrogen-bond acceptors (Lipinski definition) is 1. The molecule has 0 amide bonds. The maximum absolute atomic E-state index is 14.9. The summed E-state index contributed by atoms with van der Waals surface area (Å²) in [4.78, 5) is 0. The number of ether oxygens (including phenoxy) is 1. The fraction of sp³-hybridized carbons (Fsp3) is 0.360. The first kappa shape index (κ1) is 22.1. The molecule has 160 valence electrons. The summed E-state index contributed by atoms with van der Waals surface area (Å²) in [5, 5.41) is 0. The predicted octanol–water partition coefficient (Wildman–Crippen LogP) is 8.06. The van der Waals surface area contributed by atoms with Gasteiger partial charge in [0, 0.05) is 11.1 Å². The maximum Gasteiger partial charge on any atom is 0.201 e. The highest BCUT2D eigenvalue weighted by atomic mass is 19.2. The molecule has 1 saturated carbocycles. The zero-order valence-electron chi connectivity index (χ0n) is 17.1. The monoisotopic (exact) mass is 418 g/mol. The van der Waals surface area contributed by atoms with Crippen LogP contribution in [0.15, 0.2) is 49.3 Å². The van der Waals surface area contributed by atoms with Crippen molar-refractivity contribution in [1.82, 2.24) is 0 Å². The first-order chi connectivity index (χ1) is 14.5. The summed E-state index contributed by atoms with van der Waals surface area (Å²) in [6.45, 7) is 5.40. The lowest BCUT2D eigenvalue weighted by molar-refractivity contribution is 0.306. The van der Waals surface area contributed by atoms with Gasteiger partial charge in [-0.15, -0.1) is 6.58 Å². The second kappa shape index (κ2) is 9.96. The predicted molar refractivity (Wildman–Crippen MR) is 111 cm³/mol. The topological polar surface area (TPSA) is 9.23 Å². The Morgan fingerprint density at radius 2 is 1.53 bits per heavy atom. The molecule has 0 bridgehead atoms. The minimum Gasteiger partial charge on any atom is -0.462 e. The van der Waals surface area contributed by atoms with Gasteiger partial charge in [-0.2, -0.15) is 4.39 Å². The molecule has 0 aromatic heterocycles. The van der Waals surface area contributed by atoms with E-state index in [1.54, 1.807) is 6.92 Å². The lowest BCUT2D eigenvalue weighted by atomic mass is 9.77. The maximum atomic E-state index is 14.9. The summed E-state index contributed by atoms with van der Waals surface area (Å²) < 4.78 is 63.4. The molecule has 0 heterocycles. The SMILES string of the molecule is C=CCCC1CCC(c2ccc(-c3ccc(O/C=C/C)c(F)c3F)c(F)c2F)CC1. The molecule has 5 heteroatoms. The van der Waals surface area contributed by atoms with E-state index < -0.39 is 23.3 Å². The van der Waals surface area contributed by atoms with E-state index in [0.29, 0.717) is 11.5 Å². The summed E-state index contributed by atoms with van der Waals surface area (Å²) in [6.07, 6.45) is 10.2. The molecule has 30 heavy (non-hydrogen) atoms. The smallest absolute Gasteiger partial charge is 0.201 e. The third-order valence-electron chi connectivity index (χ3n) is 5.85. The van der Waals surface area contributed by atoms with Crippen LogP contribution in [-0.2, 0) is 0 Å². The van der Waals surface area contributed by atoms with E-state index >= 15 is 0 Å². The number of allylic oxidation sites excluding steroid dienone is 2. The molecule has 0 aliphatic heterocycles. The van der Waals surface area contributed by atoms with Crippen LogP contribution in [0.5, 0.6) is 5.75 Å². The Labute approximate surface area is 175 Å². The van der Waals surface area contributed by atoms with Crippen LogP contribution in [0.1, 0.15) is 56.9 Å². The number of hydrogen-bond donors (Lipinski definition) is 0. The third kappa shape index (κ3) is 4.61. The Kier molecular flexibility index (Phi) is 7.35. The Morgan fingerprint density at radius 3 is 2.17 bits per heavy atom. The van der Waals surface area contributed by atoms with Gasteiger partial charge in [0.05, 0.1) is 6.26 Å². The van der Waals surface area contributed by atoms with E-state index in [4.69, 9.17) is 4.74 Å². The largest absolute Gasteiger partial charge is 0.462 e. The van der Waals surface area contributed by atoms with E-state index in [9.17, 15) is 17.6 Å². The van der Waals surface area contributed by atoms with Gasteiger partial charge < -0.3 is 4.74 Å². The molecule has 2 aromatic rings. The van der Waals surface area contributed by atoms with Crippen molar-refractivity contribution < 1.29 is 22.3 Å². The van der Waals surface area contributed by atoms with Crippen LogP contribution in [0.25, 0.3) is 11.1 Å². The first-order valence-corrected chi connectivity index (χ1v) is 10.3. The average molecular weight is 418 g/mol. The van der Waals surface area contributed by atoms with Crippen molar-refractivity contribution in [2.45, 2.75) is 51.4 Å². The van der Waals surface area contributed by atoms with Gasteiger partial charge in [-0.1, -0.05) is 24.3 Å². The highest BCUT2D eigenvalue weighted by molar-refractivity contribution is 5.66. The van der Waals surface area contributed by atoms with Crippen LogP contribution >= 0.6 is 0 Å². The molecule has 3 rings (SSSR count). The Hall–Kier alpha value is -2.56. The summed E-state index contributed by atoms with van der Waals surface area (Å²) in [5.74, 6) is -4.44. The van der Waals surface area contributed by atoms with Gasteiger partial charge in [0.2, 0.25) is 5.82 Å². The minimum absolute atomic E-state index is 0.0632. The van der Waals surface area contributed by atoms with Crippen molar-refractivity contribution in [2.24, 2.45) is 5.92 Å². The molecule has 2 aromatic carbocycles. The van der Waals surface area contributed by atoms with Gasteiger partial charge in [-0.25, -0.2) is 13.2 Å². The Morgan fingerprint density at radius 1 is 0.900 bits per heavy atom. The summed E-state index contributed by atoms with van der Waals surface area (Å²) >= 11 is 0. The molecular weight excluding hydrogens is 392 g/mol. The Bertz CT molecular complexity index is 927. The van der Waals surface area contributed by atoms with Crippen LogP contribution in [0.4, 0.5) is 17.6 Å². The lowest BCUT2D eigenvalue weighted by Crippen LogP contribution is -2.15. The molecule has 1 aliphatic rings. The van der Waals surface area contributed by atoms with E-state index in [0.717, 1.165) is 38.5 Å². The normalized spacial score (nSPS) is 19.2. The van der Waals surface area contributed by atoms with Crippen molar-refractivity contribution in [3.8, 4) is 16.9 Å². The van der Waals surface area contributed by atoms with Crippen LogP contribution in [0.2, 0.25) is 0 Å². The Balaban J connectivity index is 1.84. The zero-order chi connectivity index (χ0) is 21.7. The summed E-state index contributed by atoms with van der Waals surface area (Å²) in [5.41, 5.74) is -0.325. The van der Waals surface area contributed by atoms with Crippen LogP contribution in [0, 0.1) is 29.2 Å². The van der Waals surface area contributed by atoms with E-state index in [2.05, 4.69) is 6.58 Å². The quantitative estimate of drug-likeness (QED) is 0.251. The fourth-order valence-corrected chi connectivity index (χ4v) is 4.18. The van der Waals surface area contributed by atoms with Gasteiger partial charge in [-0.05, 0) is 75.0 Å². The summed E-state index contributed by atoms with van der Waals surface area (Å²) in [6, 6.07) is 5.23. The molecule has 0 spiro atoms. The lowest BCUT2D eigenvalue weighted by Gasteiger charge is -2.29. The van der Waals surface area contributed by atoms with Gasteiger partial charge in [0.1, 0.15) is 0 Å². The van der Waals surface area contributed by atoms with E-state index in [1.807, 2.05) is 6.08 Å². The van der Waals surface area contributed by atoms with Crippen molar-refractivity contribution in [3.63, 3.8) is 0 Å². The first-order valence-electron chi connectivity index (χ1n) is 10.3. The molecule has 0 atom stereocenters. The molecule has 1 nitrogen and oxygen atoms in total. The van der Waals surface area contributed by atoms with E-state index in [-0.39, 0.29) is 22.8 Å². The zero-order valence-corrected chi connectivity index (χ0v) is 17.1. The molecule has 0 radical (unpaired) electrons. The number of halogens is 4. The molecular formula is C25H26F4O. The van der Waals surface area contributed by atoms with Crippen LogP contribution in [0.3, 0.4) is 0 Å². The van der Waals surface area contributed by atoms with E-state index in [1.165, 1.54) is 36.6 Å². The van der Waals surface area contributed by atoms with Crippen molar-refractivity contribution in [3.05, 3.63) is 78.1 Å².